The van der Waals surface area contributed by atoms with Gasteiger partial charge in [0.2, 0.25) is 5.91 Å². The number of ether oxygens (including phenoxy) is 1. The maximum Gasteiger partial charge on any atom is 0.257 e. The van der Waals surface area contributed by atoms with Gasteiger partial charge >= 0.3 is 0 Å². The van der Waals surface area contributed by atoms with Crippen LogP contribution in [0, 0.1) is 0 Å². The smallest absolute Gasteiger partial charge is 0.257 e. The van der Waals surface area contributed by atoms with Gasteiger partial charge in [0.1, 0.15) is 5.75 Å². The van der Waals surface area contributed by atoms with E-state index in [1.807, 2.05) is 48.5 Å². The molecule has 0 aliphatic carbocycles. The third kappa shape index (κ3) is 6.77. The van der Waals surface area contributed by atoms with E-state index in [0.29, 0.717) is 37.2 Å². The van der Waals surface area contributed by atoms with Gasteiger partial charge < -0.3 is 15.4 Å². The molecule has 0 fully saturated rings. The lowest BCUT2D eigenvalue weighted by Gasteiger charge is -2.09. The molecular weight excluding hydrogens is 366 g/mol. The molecule has 0 bridgehead atoms. The second kappa shape index (κ2) is 10.6. The van der Waals surface area contributed by atoms with E-state index in [1.165, 1.54) is 6.20 Å². The van der Waals surface area contributed by atoms with Crippen molar-refractivity contribution in [2.45, 2.75) is 19.4 Å². The number of hydrogen-bond acceptors (Lipinski definition) is 4. The average Bonchev–Trinajstić information content (AvgIpc) is 2.77. The first-order chi connectivity index (χ1) is 14.2. The topological polar surface area (TPSA) is 80.3 Å². The van der Waals surface area contributed by atoms with Gasteiger partial charge in [0, 0.05) is 31.0 Å². The lowest BCUT2D eigenvalue weighted by atomic mass is 10.2. The van der Waals surface area contributed by atoms with Crippen LogP contribution < -0.4 is 15.4 Å². The zero-order valence-corrected chi connectivity index (χ0v) is 16.0. The number of anilines is 1. The summed E-state index contributed by atoms with van der Waals surface area (Å²) in [4.78, 5) is 28.2. The number of pyridine rings is 1. The standard InChI is InChI=1S/C23H23N3O3/c27-22(12-6-14-29-21-10-2-1-3-11-21)25-16-18-7-4-9-20(15-18)26-23(28)19-8-5-13-24-17-19/h1-5,7-11,13,15,17H,6,12,14,16H2,(H,25,27)(H,26,28). The van der Waals surface area contributed by atoms with Gasteiger partial charge in [0.25, 0.3) is 5.91 Å². The number of aromatic nitrogens is 1. The number of amides is 2. The van der Waals surface area contributed by atoms with Crippen LogP contribution in [0.1, 0.15) is 28.8 Å². The molecule has 3 rings (SSSR count). The summed E-state index contributed by atoms with van der Waals surface area (Å²) >= 11 is 0. The van der Waals surface area contributed by atoms with E-state index >= 15 is 0 Å². The highest BCUT2D eigenvalue weighted by Crippen LogP contribution is 2.12. The molecule has 0 spiro atoms. The highest BCUT2D eigenvalue weighted by atomic mass is 16.5. The molecule has 6 heteroatoms. The molecule has 3 aromatic rings. The maximum atomic E-state index is 12.2. The Labute approximate surface area is 169 Å². The second-order valence-corrected chi connectivity index (χ2v) is 6.44. The molecule has 0 unspecified atom stereocenters. The minimum absolute atomic E-state index is 0.0357. The SMILES string of the molecule is O=C(CCCOc1ccccc1)NCc1cccc(NC(=O)c2cccnc2)c1. The summed E-state index contributed by atoms with van der Waals surface area (Å²) in [6, 6.07) is 20.3. The Morgan fingerprint density at radius 3 is 2.62 bits per heavy atom. The van der Waals surface area contributed by atoms with Gasteiger partial charge in [0.05, 0.1) is 12.2 Å². The van der Waals surface area contributed by atoms with Crippen molar-refractivity contribution in [2.24, 2.45) is 0 Å². The van der Waals surface area contributed by atoms with Crippen molar-refractivity contribution in [2.75, 3.05) is 11.9 Å². The molecule has 2 N–H and O–H groups in total. The second-order valence-electron chi connectivity index (χ2n) is 6.44. The zero-order valence-electron chi connectivity index (χ0n) is 16.0. The van der Waals surface area contributed by atoms with E-state index in [2.05, 4.69) is 15.6 Å². The average molecular weight is 389 g/mol. The molecule has 29 heavy (non-hydrogen) atoms. The number of benzene rings is 2. The molecule has 0 radical (unpaired) electrons. The van der Waals surface area contributed by atoms with Crippen LogP contribution in [0.4, 0.5) is 5.69 Å². The quantitative estimate of drug-likeness (QED) is 0.546. The van der Waals surface area contributed by atoms with Gasteiger partial charge in [-0.15, -0.1) is 0 Å². The molecule has 2 amide bonds. The Bertz CT molecular complexity index is 930. The first-order valence-corrected chi connectivity index (χ1v) is 9.45. The number of nitrogens with one attached hydrogen (secondary N) is 2. The number of rotatable bonds is 9. The lowest BCUT2D eigenvalue weighted by molar-refractivity contribution is -0.121. The van der Waals surface area contributed by atoms with Crippen LogP contribution in [0.5, 0.6) is 5.75 Å². The predicted molar refractivity (Wildman–Crippen MR) is 112 cm³/mol. The van der Waals surface area contributed by atoms with Crippen LogP contribution in [0.2, 0.25) is 0 Å². The molecular formula is C23H23N3O3. The molecule has 1 heterocycles. The zero-order chi connectivity index (χ0) is 20.3. The number of hydrogen-bond donors (Lipinski definition) is 2. The normalized spacial score (nSPS) is 10.2. The van der Waals surface area contributed by atoms with Crippen molar-refractivity contribution in [1.82, 2.24) is 10.3 Å². The van der Waals surface area contributed by atoms with E-state index in [0.717, 1.165) is 11.3 Å². The summed E-state index contributed by atoms with van der Waals surface area (Å²) in [6.07, 6.45) is 4.17. The summed E-state index contributed by atoms with van der Waals surface area (Å²) in [7, 11) is 0. The van der Waals surface area contributed by atoms with Crippen LogP contribution in [-0.2, 0) is 11.3 Å². The van der Waals surface area contributed by atoms with Crippen molar-refractivity contribution in [3.8, 4) is 5.75 Å². The van der Waals surface area contributed by atoms with Crippen molar-refractivity contribution in [3.63, 3.8) is 0 Å². The summed E-state index contributed by atoms with van der Waals surface area (Å²) in [5.41, 5.74) is 2.06. The van der Waals surface area contributed by atoms with Crippen LogP contribution >= 0.6 is 0 Å². The Morgan fingerprint density at radius 2 is 1.83 bits per heavy atom. The Hall–Kier alpha value is -3.67. The fourth-order valence-electron chi connectivity index (χ4n) is 2.69. The summed E-state index contributed by atoms with van der Waals surface area (Å²) < 4.78 is 5.58. The van der Waals surface area contributed by atoms with E-state index in [-0.39, 0.29) is 11.8 Å². The van der Waals surface area contributed by atoms with Crippen molar-refractivity contribution in [1.29, 1.82) is 0 Å². The number of nitrogens with zero attached hydrogens (tertiary/aromatic N) is 1. The lowest BCUT2D eigenvalue weighted by Crippen LogP contribution is -2.23. The fraction of sp³-hybridized carbons (Fsp3) is 0.174. The third-order valence-corrected chi connectivity index (χ3v) is 4.16. The molecule has 0 saturated carbocycles. The maximum absolute atomic E-state index is 12.2. The van der Waals surface area contributed by atoms with Crippen molar-refractivity contribution >= 4 is 17.5 Å². The number of carbonyl (C=O) groups excluding carboxylic acids is 2. The highest BCUT2D eigenvalue weighted by molar-refractivity contribution is 6.04. The Morgan fingerprint density at radius 1 is 0.966 bits per heavy atom. The minimum atomic E-state index is -0.224. The minimum Gasteiger partial charge on any atom is -0.494 e. The number of carbonyl (C=O) groups is 2. The monoisotopic (exact) mass is 389 g/mol. The van der Waals surface area contributed by atoms with Crippen molar-refractivity contribution in [3.05, 3.63) is 90.3 Å². The van der Waals surface area contributed by atoms with Crippen LogP contribution in [0.3, 0.4) is 0 Å². The first kappa shape index (κ1) is 20.1. The molecule has 0 atom stereocenters. The summed E-state index contributed by atoms with van der Waals surface area (Å²) in [5, 5.41) is 5.73. The van der Waals surface area contributed by atoms with Crippen LogP contribution in [0.25, 0.3) is 0 Å². The first-order valence-electron chi connectivity index (χ1n) is 9.45. The van der Waals surface area contributed by atoms with E-state index in [4.69, 9.17) is 4.74 Å². The summed E-state index contributed by atoms with van der Waals surface area (Å²) in [5.74, 6) is 0.544. The number of para-hydroxylation sites is 1. The van der Waals surface area contributed by atoms with Crippen LogP contribution in [0.15, 0.2) is 79.1 Å². The Balaban J connectivity index is 1.40. The van der Waals surface area contributed by atoms with Crippen LogP contribution in [-0.4, -0.2) is 23.4 Å². The molecule has 0 saturated heterocycles. The van der Waals surface area contributed by atoms with E-state index < -0.39 is 0 Å². The largest absolute Gasteiger partial charge is 0.494 e. The predicted octanol–water partition coefficient (Wildman–Crippen LogP) is 3.81. The molecule has 1 aromatic heterocycles. The van der Waals surface area contributed by atoms with Gasteiger partial charge in [-0.1, -0.05) is 30.3 Å². The molecule has 6 nitrogen and oxygen atoms in total. The highest BCUT2D eigenvalue weighted by Gasteiger charge is 2.07. The van der Waals surface area contributed by atoms with Gasteiger partial charge in [0.15, 0.2) is 0 Å². The third-order valence-electron chi connectivity index (χ3n) is 4.16. The van der Waals surface area contributed by atoms with Gasteiger partial charge in [-0.3, -0.25) is 14.6 Å². The Kier molecular flexibility index (Phi) is 7.34. The van der Waals surface area contributed by atoms with Gasteiger partial charge in [-0.2, -0.15) is 0 Å². The molecule has 0 aliphatic heterocycles. The van der Waals surface area contributed by atoms with E-state index in [9.17, 15) is 9.59 Å². The summed E-state index contributed by atoms with van der Waals surface area (Å²) in [6.45, 7) is 0.891. The molecule has 148 valence electrons. The van der Waals surface area contributed by atoms with Crippen molar-refractivity contribution < 1.29 is 14.3 Å². The van der Waals surface area contributed by atoms with Gasteiger partial charge in [-0.05, 0) is 48.4 Å². The van der Waals surface area contributed by atoms with E-state index in [1.54, 1.807) is 24.4 Å². The molecule has 2 aromatic carbocycles. The fourth-order valence-corrected chi connectivity index (χ4v) is 2.69. The van der Waals surface area contributed by atoms with Gasteiger partial charge in [-0.25, -0.2) is 0 Å². The molecule has 0 aliphatic rings.